The second-order valence-corrected chi connectivity index (χ2v) is 6.17. The maximum absolute atomic E-state index is 5.49. The van der Waals surface area contributed by atoms with Gasteiger partial charge in [-0.3, -0.25) is 0 Å². The highest BCUT2D eigenvalue weighted by Crippen LogP contribution is 2.29. The smallest absolute Gasteiger partial charge is 0.0322 e. The molecule has 0 amide bonds. The predicted octanol–water partition coefficient (Wildman–Crippen LogP) is 3.48. The van der Waals surface area contributed by atoms with Crippen molar-refractivity contribution in [3.63, 3.8) is 0 Å². The Bertz CT molecular complexity index is 250. The molecule has 0 aliphatic heterocycles. The van der Waals surface area contributed by atoms with E-state index in [2.05, 4.69) is 34.3 Å². The Morgan fingerprint density at radius 1 is 1.69 bits per heavy atom. The Labute approximate surface area is 96.2 Å². The highest BCUT2D eigenvalue weighted by Gasteiger charge is 2.05. The Morgan fingerprint density at radius 3 is 3.00 bits per heavy atom. The van der Waals surface area contributed by atoms with E-state index in [4.69, 9.17) is 5.73 Å². The normalized spacial score (nSPS) is 13.2. The number of hydrogen-bond acceptors (Lipinski definition) is 3. The number of hydrogen-bond donors (Lipinski definition) is 1. The zero-order chi connectivity index (χ0) is 9.68. The molecule has 1 rings (SSSR count). The van der Waals surface area contributed by atoms with Crippen molar-refractivity contribution in [3.05, 3.63) is 20.8 Å². The van der Waals surface area contributed by atoms with Gasteiger partial charge in [0.25, 0.3) is 0 Å². The summed E-state index contributed by atoms with van der Waals surface area (Å²) >= 11 is 7.31. The zero-order valence-electron chi connectivity index (χ0n) is 7.63. The van der Waals surface area contributed by atoms with Gasteiger partial charge >= 0.3 is 0 Å². The van der Waals surface area contributed by atoms with Crippen LogP contribution in [0.1, 0.15) is 18.2 Å². The van der Waals surface area contributed by atoms with E-state index in [9.17, 15) is 0 Å². The third-order valence-corrected chi connectivity index (χ3v) is 5.13. The molecule has 4 heteroatoms. The standard InChI is InChI=1S/C9H14BrNS2/c1-7(2-4-11)13-6-9-8(10)3-5-12-9/h3,5,7H,2,4,6,11H2,1H3. The minimum absolute atomic E-state index is 0.666. The Balaban J connectivity index is 2.30. The zero-order valence-corrected chi connectivity index (χ0v) is 10.8. The molecule has 0 radical (unpaired) electrons. The van der Waals surface area contributed by atoms with E-state index in [-0.39, 0.29) is 0 Å². The highest BCUT2D eigenvalue weighted by atomic mass is 79.9. The van der Waals surface area contributed by atoms with Gasteiger partial charge in [-0.2, -0.15) is 11.8 Å². The molecule has 2 N–H and O–H groups in total. The van der Waals surface area contributed by atoms with Gasteiger partial charge in [0.1, 0.15) is 0 Å². The van der Waals surface area contributed by atoms with Crippen molar-refractivity contribution in [2.24, 2.45) is 5.73 Å². The lowest BCUT2D eigenvalue weighted by Crippen LogP contribution is -2.06. The lowest BCUT2D eigenvalue weighted by atomic mass is 10.3. The molecule has 13 heavy (non-hydrogen) atoms. The molecule has 74 valence electrons. The molecule has 0 aliphatic rings. The van der Waals surface area contributed by atoms with E-state index >= 15 is 0 Å². The van der Waals surface area contributed by atoms with E-state index in [1.165, 1.54) is 9.35 Å². The molecule has 1 unspecified atom stereocenters. The van der Waals surface area contributed by atoms with Gasteiger partial charge in [0, 0.05) is 20.4 Å². The van der Waals surface area contributed by atoms with Crippen molar-refractivity contribution in [2.45, 2.75) is 24.3 Å². The Kier molecular flexibility index (Phi) is 5.39. The van der Waals surface area contributed by atoms with Gasteiger partial charge < -0.3 is 5.73 Å². The van der Waals surface area contributed by atoms with Crippen LogP contribution in [0, 0.1) is 0 Å². The van der Waals surface area contributed by atoms with Crippen molar-refractivity contribution >= 4 is 39.0 Å². The molecule has 0 aromatic carbocycles. The summed E-state index contributed by atoms with van der Waals surface area (Å²) in [6.07, 6.45) is 1.10. The Hall–Kier alpha value is 0.490. The Morgan fingerprint density at radius 2 is 2.46 bits per heavy atom. The molecule has 0 saturated carbocycles. The second kappa shape index (κ2) is 6.06. The first-order valence-electron chi connectivity index (χ1n) is 4.27. The molecular weight excluding hydrogens is 266 g/mol. The van der Waals surface area contributed by atoms with Gasteiger partial charge in [0.05, 0.1) is 0 Å². The molecule has 1 aromatic heterocycles. The third-order valence-electron chi connectivity index (χ3n) is 1.76. The van der Waals surface area contributed by atoms with Crippen LogP contribution in [-0.4, -0.2) is 11.8 Å². The maximum Gasteiger partial charge on any atom is 0.0322 e. The lowest BCUT2D eigenvalue weighted by molar-refractivity contribution is 0.823. The first-order chi connectivity index (χ1) is 6.24. The molecule has 1 heterocycles. The highest BCUT2D eigenvalue weighted by molar-refractivity contribution is 9.10. The van der Waals surface area contributed by atoms with Crippen molar-refractivity contribution in [1.29, 1.82) is 0 Å². The van der Waals surface area contributed by atoms with Crippen LogP contribution in [-0.2, 0) is 5.75 Å². The molecule has 0 spiro atoms. The van der Waals surface area contributed by atoms with Crippen molar-refractivity contribution < 1.29 is 0 Å². The van der Waals surface area contributed by atoms with E-state index in [0.29, 0.717) is 5.25 Å². The average Bonchev–Trinajstić information content (AvgIpc) is 2.48. The van der Waals surface area contributed by atoms with Crippen LogP contribution in [0.4, 0.5) is 0 Å². The summed E-state index contributed by atoms with van der Waals surface area (Å²) in [7, 11) is 0. The minimum Gasteiger partial charge on any atom is -0.330 e. The summed E-state index contributed by atoms with van der Waals surface area (Å²) in [5.41, 5.74) is 5.49. The van der Waals surface area contributed by atoms with Gasteiger partial charge in [-0.1, -0.05) is 6.92 Å². The largest absolute Gasteiger partial charge is 0.330 e. The molecule has 1 aromatic rings. The fraction of sp³-hybridized carbons (Fsp3) is 0.556. The molecule has 0 bridgehead atoms. The summed E-state index contributed by atoms with van der Waals surface area (Å²) in [5, 5.41) is 2.78. The van der Waals surface area contributed by atoms with Crippen LogP contribution in [0.25, 0.3) is 0 Å². The number of nitrogens with two attached hydrogens (primary N) is 1. The summed E-state index contributed by atoms with van der Waals surface area (Å²) in [4.78, 5) is 1.42. The van der Waals surface area contributed by atoms with Crippen LogP contribution in [0.2, 0.25) is 0 Å². The van der Waals surface area contributed by atoms with Gasteiger partial charge in [-0.15, -0.1) is 11.3 Å². The first kappa shape index (κ1) is 11.6. The molecule has 0 fully saturated rings. The maximum atomic E-state index is 5.49. The van der Waals surface area contributed by atoms with Crippen LogP contribution < -0.4 is 5.73 Å². The molecule has 1 nitrogen and oxygen atoms in total. The van der Waals surface area contributed by atoms with E-state index in [1.54, 1.807) is 0 Å². The first-order valence-corrected chi connectivity index (χ1v) is 6.99. The van der Waals surface area contributed by atoms with Gasteiger partial charge in [-0.05, 0) is 40.3 Å². The topological polar surface area (TPSA) is 26.0 Å². The summed E-state index contributed by atoms with van der Waals surface area (Å²) in [6.45, 7) is 3.03. The van der Waals surface area contributed by atoms with Crippen molar-refractivity contribution in [2.75, 3.05) is 6.54 Å². The number of thiophene rings is 1. The fourth-order valence-corrected chi connectivity index (χ4v) is 3.80. The molecule has 1 atom stereocenters. The number of thioether (sulfide) groups is 1. The van der Waals surface area contributed by atoms with Crippen molar-refractivity contribution in [1.82, 2.24) is 0 Å². The number of rotatable bonds is 5. The SMILES string of the molecule is CC(CCN)SCc1sccc1Br. The van der Waals surface area contributed by atoms with E-state index in [1.807, 2.05) is 23.1 Å². The second-order valence-electron chi connectivity index (χ2n) is 2.89. The summed E-state index contributed by atoms with van der Waals surface area (Å²) in [5.74, 6) is 1.10. The van der Waals surface area contributed by atoms with Gasteiger partial charge in [-0.25, -0.2) is 0 Å². The summed E-state index contributed by atoms with van der Waals surface area (Å²) in [6, 6.07) is 2.11. The fourth-order valence-electron chi connectivity index (χ4n) is 0.964. The van der Waals surface area contributed by atoms with E-state index in [0.717, 1.165) is 18.7 Å². The van der Waals surface area contributed by atoms with Crippen LogP contribution >= 0.6 is 39.0 Å². The average molecular weight is 280 g/mol. The summed E-state index contributed by atoms with van der Waals surface area (Å²) < 4.78 is 1.24. The quantitative estimate of drug-likeness (QED) is 0.893. The number of halogens is 1. The predicted molar refractivity (Wildman–Crippen MR) is 66.4 cm³/mol. The van der Waals surface area contributed by atoms with Crippen molar-refractivity contribution in [3.8, 4) is 0 Å². The van der Waals surface area contributed by atoms with E-state index < -0.39 is 0 Å². The van der Waals surface area contributed by atoms with Crippen LogP contribution in [0.15, 0.2) is 15.9 Å². The third kappa shape index (κ3) is 4.02. The van der Waals surface area contributed by atoms with Gasteiger partial charge in [0.15, 0.2) is 0 Å². The van der Waals surface area contributed by atoms with Crippen LogP contribution in [0.3, 0.4) is 0 Å². The molecule has 0 aliphatic carbocycles. The van der Waals surface area contributed by atoms with Crippen LogP contribution in [0.5, 0.6) is 0 Å². The van der Waals surface area contributed by atoms with Gasteiger partial charge in [0.2, 0.25) is 0 Å². The molecular formula is C9H14BrNS2. The molecule has 0 saturated heterocycles. The monoisotopic (exact) mass is 279 g/mol. The lowest BCUT2D eigenvalue weighted by Gasteiger charge is -2.08. The minimum atomic E-state index is 0.666.